The molecule has 8 heteroatoms. The molecular formula is C8H4F3N3O2. The van der Waals surface area contributed by atoms with Crippen LogP contribution in [0.4, 0.5) is 13.2 Å². The van der Waals surface area contributed by atoms with Gasteiger partial charge in [-0.3, -0.25) is 0 Å². The van der Waals surface area contributed by atoms with Gasteiger partial charge in [-0.05, 0) is 6.07 Å². The van der Waals surface area contributed by atoms with Crippen molar-refractivity contribution in [2.75, 3.05) is 0 Å². The number of H-pyrrole nitrogens is 1. The molecule has 2 aromatic heterocycles. The minimum Gasteiger partial charge on any atom is -0.475 e. The van der Waals surface area contributed by atoms with Gasteiger partial charge < -0.3 is 10.1 Å². The van der Waals surface area contributed by atoms with Gasteiger partial charge in [0.25, 0.3) is 0 Å². The maximum absolute atomic E-state index is 12.3. The summed E-state index contributed by atoms with van der Waals surface area (Å²) in [6.45, 7) is 0. The average Bonchev–Trinajstić information content (AvgIpc) is 2.58. The number of imidazole rings is 1. The summed E-state index contributed by atoms with van der Waals surface area (Å²) < 4.78 is 36.9. The number of nitrogens with one attached hydrogen (secondary N) is 1. The molecular weight excluding hydrogens is 227 g/mol. The Morgan fingerprint density at radius 2 is 2.12 bits per heavy atom. The molecule has 0 fully saturated rings. The highest BCUT2D eigenvalue weighted by atomic mass is 19.4. The highest BCUT2D eigenvalue weighted by Gasteiger charge is 2.31. The topological polar surface area (TPSA) is 78.9 Å². The minimum absolute atomic E-state index is 0.0628. The largest absolute Gasteiger partial charge is 0.475 e. The van der Waals surface area contributed by atoms with Gasteiger partial charge in [0.2, 0.25) is 5.82 Å². The van der Waals surface area contributed by atoms with Crippen LogP contribution in [0, 0.1) is 0 Å². The maximum Gasteiger partial charge on any atom is 0.417 e. The molecule has 0 aliphatic rings. The van der Waals surface area contributed by atoms with Crippen molar-refractivity contribution in [3.63, 3.8) is 0 Å². The van der Waals surface area contributed by atoms with Gasteiger partial charge in [0.15, 0.2) is 5.65 Å². The zero-order valence-corrected chi connectivity index (χ0v) is 7.54. The van der Waals surface area contributed by atoms with Crippen molar-refractivity contribution >= 4 is 17.1 Å². The summed E-state index contributed by atoms with van der Waals surface area (Å²) in [5.41, 5.74) is -1.08. The van der Waals surface area contributed by atoms with E-state index in [1.165, 1.54) is 0 Å². The van der Waals surface area contributed by atoms with E-state index < -0.39 is 23.5 Å². The number of nitrogens with zero attached hydrogens (tertiary/aromatic N) is 2. The van der Waals surface area contributed by atoms with Crippen LogP contribution in [0.5, 0.6) is 0 Å². The van der Waals surface area contributed by atoms with E-state index in [2.05, 4.69) is 15.0 Å². The second-order valence-electron chi connectivity index (χ2n) is 2.98. The second-order valence-corrected chi connectivity index (χ2v) is 2.98. The molecule has 0 spiro atoms. The molecule has 0 aliphatic heterocycles. The number of fused-ring (bicyclic) bond motifs is 1. The average molecular weight is 231 g/mol. The third kappa shape index (κ3) is 1.69. The normalized spacial score (nSPS) is 11.9. The van der Waals surface area contributed by atoms with Gasteiger partial charge in [-0.25, -0.2) is 14.8 Å². The van der Waals surface area contributed by atoms with Crippen molar-refractivity contribution in [3.05, 3.63) is 23.7 Å². The van der Waals surface area contributed by atoms with Crippen molar-refractivity contribution in [2.24, 2.45) is 0 Å². The van der Waals surface area contributed by atoms with Crippen molar-refractivity contribution in [3.8, 4) is 0 Å². The SMILES string of the molecule is O=C(O)c1nc2ncc(C(F)(F)F)cc2[nH]1. The summed E-state index contributed by atoms with van der Waals surface area (Å²) in [6, 6.07) is 0.766. The van der Waals surface area contributed by atoms with E-state index in [-0.39, 0.29) is 11.2 Å². The highest BCUT2D eigenvalue weighted by molar-refractivity contribution is 5.87. The molecule has 0 aromatic carbocycles. The second kappa shape index (κ2) is 3.19. The lowest BCUT2D eigenvalue weighted by Gasteiger charge is -2.04. The van der Waals surface area contributed by atoms with Gasteiger partial charge in [0, 0.05) is 6.20 Å². The number of alkyl halides is 3. The zero-order chi connectivity index (χ0) is 11.9. The summed E-state index contributed by atoms with van der Waals surface area (Å²) in [7, 11) is 0. The van der Waals surface area contributed by atoms with Crippen molar-refractivity contribution in [1.82, 2.24) is 15.0 Å². The smallest absolute Gasteiger partial charge is 0.417 e. The van der Waals surface area contributed by atoms with E-state index in [9.17, 15) is 18.0 Å². The Hall–Kier alpha value is -2.12. The van der Waals surface area contributed by atoms with E-state index >= 15 is 0 Å². The predicted molar refractivity (Wildman–Crippen MR) is 45.9 cm³/mol. The van der Waals surface area contributed by atoms with Crippen molar-refractivity contribution in [1.29, 1.82) is 0 Å². The molecule has 2 N–H and O–H groups in total. The zero-order valence-electron chi connectivity index (χ0n) is 7.54. The molecule has 0 unspecified atom stereocenters. The number of carboxylic acid groups (broad SMARTS) is 1. The van der Waals surface area contributed by atoms with Crippen molar-refractivity contribution < 1.29 is 23.1 Å². The first-order valence-corrected chi connectivity index (χ1v) is 4.04. The number of halogens is 3. The molecule has 0 aliphatic carbocycles. The van der Waals surface area contributed by atoms with Crippen LogP contribution in [0.2, 0.25) is 0 Å². The lowest BCUT2D eigenvalue weighted by molar-refractivity contribution is -0.137. The fourth-order valence-corrected chi connectivity index (χ4v) is 1.16. The molecule has 2 aromatic rings. The molecule has 0 saturated carbocycles. The Morgan fingerprint density at radius 1 is 1.44 bits per heavy atom. The van der Waals surface area contributed by atoms with Crippen LogP contribution in [0.25, 0.3) is 11.2 Å². The Labute approximate surface area is 85.9 Å². The number of aromatic carboxylic acids is 1. The summed E-state index contributed by atoms with van der Waals surface area (Å²) in [4.78, 5) is 19.7. The Kier molecular flexibility index (Phi) is 2.07. The van der Waals surface area contributed by atoms with Gasteiger partial charge in [-0.2, -0.15) is 13.2 Å². The van der Waals surface area contributed by atoms with Crippen LogP contribution in [0.15, 0.2) is 12.3 Å². The summed E-state index contributed by atoms with van der Waals surface area (Å²) >= 11 is 0. The lowest BCUT2D eigenvalue weighted by Crippen LogP contribution is -2.05. The summed E-state index contributed by atoms with van der Waals surface area (Å²) in [5.74, 6) is -1.80. The fraction of sp³-hybridized carbons (Fsp3) is 0.125. The van der Waals surface area contributed by atoms with Gasteiger partial charge in [0.05, 0.1) is 11.1 Å². The quantitative estimate of drug-likeness (QED) is 0.782. The third-order valence-corrected chi connectivity index (χ3v) is 1.87. The van der Waals surface area contributed by atoms with Crippen molar-refractivity contribution in [2.45, 2.75) is 6.18 Å². The summed E-state index contributed by atoms with van der Waals surface area (Å²) in [5, 5.41) is 8.57. The number of hydrogen-bond acceptors (Lipinski definition) is 3. The Bertz CT molecular complexity index is 561. The van der Waals surface area contributed by atoms with E-state index in [1.807, 2.05) is 0 Å². The third-order valence-electron chi connectivity index (χ3n) is 1.87. The van der Waals surface area contributed by atoms with Crippen LogP contribution in [-0.2, 0) is 6.18 Å². The van der Waals surface area contributed by atoms with Crippen LogP contribution in [0.3, 0.4) is 0 Å². The molecule has 84 valence electrons. The molecule has 5 nitrogen and oxygen atoms in total. The Morgan fingerprint density at radius 3 is 2.69 bits per heavy atom. The highest BCUT2D eigenvalue weighted by Crippen LogP contribution is 2.29. The lowest BCUT2D eigenvalue weighted by atomic mass is 10.2. The molecule has 2 rings (SSSR count). The fourth-order valence-electron chi connectivity index (χ4n) is 1.16. The molecule has 0 radical (unpaired) electrons. The van der Waals surface area contributed by atoms with E-state index in [4.69, 9.17) is 5.11 Å². The predicted octanol–water partition coefficient (Wildman–Crippen LogP) is 1.67. The number of rotatable bonds is 1. The van der Waals surface area contributed by atoms with Gasteiger partial charge >= 0.3 is 12.1 Å². The molecule has 0 amide bonds. The maximum atomic E-state index is 12.3. The van der Waals surface area contributed by atoms with Crippen LogP contribution in [-0.4, -0.2) is 26.0 Å². The molecule has 16 heavy (non-hydrogen) atoms. The summed E-state index contributed by atoms with van der Waals surface area (Å²) in [6.07, 6.45) is -3.91. The van der Waals surface area contributed by atoms with Gasteiger partial charge in [-0.1, -0.05) is 0 Å². The van der Waals surface area contributed by atoms with Gasteiger partial charge in [-0.15, -0.1) is 0 Å². The first-order chi connectivity index (χ1) is 7.38. The first-order valence-electron chi connectivity index (χ1n) is 4.04. The van der Waals surface area contributed by atoms with E-state index in [0.29, 0.717) is 6.20 Å². The number of carboxylic acids is 1. The molecule has 0 atom stereocenters. The molecule has 0 bridgehead atoms. The van der Waals surface area contributed by atoms with E-state index in [1.54, 1.807) is 0 Å². The monoisotopic (exact) mass is 231 g/mol. The number of hydrogen-bond donors (Lipinski definition) is 2. The number of carbonyl (C=O) groups is 1. The molecule has 2 heterocycles. The van der Waals surface area contributed by atoms with Gasteiger partial charge in [0.1, 0.15) is 0 Å². The Balaban J connectivity index is 2.58. The standard InChI is InChI=1S/C8H4F3N3O2/c9-8(10,11)3-1-4-5(12-2-3)14-6(13-4)7(15)16/h1-2H,(H,15,16)(H,12,13,14). The van der Waals surface area contributed by atoms with Crippen LogP contribution < -0.4 is 0 Å². The van der Waals surface area contributed by atoms with Crippen LogP contribution >= 0.6 is 0 Å². The number of pyridine rings is 1. The number of aromatic amines is 1. The number of aromatic nitrogens is 3. The van der Waals surface area contributed by atoms with Crippen LogP contribution in [0.1, 0.15) is 16.2 Å². The minimum atomic E-state index is -4.52. The van der Waals surface area contributed by atoms with E-state index in [0.717, 1.165) is 6.07 Å². The molecule has 0 saturated heterocycles. The first kappa shape index (κ1) is 10.4.